The topological polar surface area (TPSA) is 144 Å². The summed E-state index contributed by atoms with van der Waals surface area (Å²) in [7, 11) is -4.08. The van der Waals surface area contributed by atoms with Gasteiger partial charge in [0, 0.05) is 23.2 Å². The Morgan fingerprint density at radius 1 is 1.26 bits per heavy atom. The van der Waals surface area contributed by atoms with Gasteiger partial charge in [-0.3, -0.25) is 8.98 Å². The van der Waals surface area contributed by atoms with Crippen LogP contribution in [0.3, 0.4) is 0 Å². The van der Waals surface area contributed by atoms with Crippen LogP contribution in [0.15, 0.2) is 48.2 Å². The van der Waals surface area contributed by atoms with Crippen LogP contribution < -0.4 is 10.5 Å². The van der Waals surface area contributed by atoms with Gasteiger partial charge < -0.3 is 10.4 Å². The van der Waals surface area contributed by atoms with E-state index in [1.807, 2.05) is 35.7 Å². The van der Waals surface area contributed by atoms with E-state index in [0.717, 1.165) is 11.1 Å². The molecule has 0 radical (unpaired) electrons. The smallest absolute Gasteiger partial charge is 0.333 e. The van der Waals surface area contributed by atoms with E-state index >= 15 is 0 Å². The maximum absolute atomic E-state index is 13.2. The van der Waals surface area contributed by atoms with Crippen LogP contribution in [-0.4, -0.2) is 48.0 Å². The molecular formula is C22H23ClN4O5S2. The number of hydrogen-bond donors (Lipinski definition) is 3. The van der Waals surface area contributed by atoms with E-state index in [1.54, 1.807) is 0 Å². The number of aliphatic hydroxyl groups excluding tert-OH is 1. The largest absolute Gasteiger partial charge is 0.393 e. The van der Waals surface area contributed by atoms with Gasteiger partial charge in [-0.25, -0.2) is 15.1 Å². The molecule has 34 heavy (non-hydrogen) atoms. The van der Waals surface area contributed by atoms with Crippen molar-refractivity contribution in [3.63, 3.8) is 0 Å². The first-order valence-corrected chi connectivity index (χ1v) is 13.2. The van der Waals surface area contributed by atoms with Crippen molar-refractivity contribution >= 4 is 44.8 Å². The molecule has 9 nitrogen and oxygen atoms in total. The Hall–Kier alpha value is -2.41. The Morgan fingerprint density at radius 3 is 2.76 bits per heavy atom. The second-order valence-corrected chi connectivity index (χ2v) is 10.7. The number of nitrogens with one attached hydrogen (secondary N) is 1. The van der Waals surface area contributed by atoms with Crippen molar-refractivity contribution in [1.29, 1.82) is 0 Å². The number of halogens is 1. The van der Waals surface area contributed by atoms with E-state index in [0.29, 0.717) is 40.5 Å². The molecule has 4 rings (SSSR count). The Morgan fingerprint density at radius 2 is 2.03 bits per heavy atom. The summed E-state index contributed by atoms with van der Waals surface area (Å²) in [4.78, 5) is 22.0. The van der Waals surface area contributed by atoms with Crippen LogP contribution in [0.4, 0.5) is 5.82 Å². The number of rotatable bonds is 9. The molecule has 0 bridgehead atoms. The highest BCUT2D eigenvalue weighted by Gasteiger charge is 2.34. The monoisotopic (exact) mass is 522 g/mol. The predicted molar refractivity (Wildman–Crippen MR) is 129 cm³/mol. The van der Waals surface area contributed by atoms with E-state index < -0.39 is 22.3 Å². The molecule has 0 unspecified atom stereocenters. The van der Waals surface area contributed by atoms with Crippen LogP contribution in [0.1, 0.15) is 39.2 Å². The van der Waals surface area contributed by atoms with E-state index in [2.05, 4.69) is 19.5 Å². The lowest BCUT2D eigenvalue weighted by molar-refractivity contribution is 0.101. The van der Waals surface area contributed by atoms with E-state index in [9.17, 15) is 18.3 Å². The van der Waals surface area contributed by atoms with Crippen LogP contribution in [0, 0.1) is 5.92 Å². The number of ketones is 1. The Balaban J connectivity index is 1.44. The minimum atomic E-state index is -4.08. The number of aromatic nitrogens is 2. The molecule has 12 heteroatoms. The number of carbonyl (C=O) groups excluding carboxylic acids is 1. The number of benzene rings is 1. The van der Waals surface area contributed by atoms with E-state index in [4.69, 9.17) is 16.7 Å². The summed E-state index contributed by atoms with van der Waals surface area (Å²) in [6.45, 7) is -0.209. The van der Waals surface area contributed by atoms with Crippen molar-refractivity contribution in [1.82, 2.24) is 9.97 Å². The fraction of sp³-hybridized carbons (Fsp3) is 0.318. The molecule has 1 aromatic carbocycles. The van der Waals surface area contributed by atoms with Crippen molar-refractivity contribution in [3.05, 3.63) is 74.8 Å². The molecule has 0 spiro atoms. The third-order valence-corrected chi connectivity index (χ3v) is 7.29. The minimum absolute atomic E-state index is 0.205. The standard InChI is InChI=1S/C22H23ClN4O5S2/c23-16-3-1-13(2-4-16)5-14-6-20(33-11-14)21(29)18-9-25-12-26-22(18)27-17-7-15(19(28)8-17)10-32-34(24,30)31/h1-4,6,9,11-12,15,17,19,28H,5,7-8,10H2,(H2,24,30,31)(H,25,26,27)/t15-,17-,19+/m1/s1. The molecule has 0 aliphatic heterocycles. The summed E-state index contributed by atoms with van der Waals surface area (Å²) in [5.74, 6) is -0.259. The minimum Gasteiger partial charge on any atom is -0.393 e. The predicted octanol–water partition coefficient (Wildman–Crippen LogP) is 2.78. The lowest BCUT2D eigenvalue weighted by atomic mass is 10.1. The van der Waals surface area contributed by atoms with Crippen LogP contribution in [0.25, 0.3) is 0 Å². The number of nitrogens with two attached hydrogens (primary N) is 1. The summed E-state index contributed by atoms with van der Waals surface area (Å²) < 4.78 is 26.7. The Labute approximate surface area is 206 Å². The summed E-state index contributed by atoms with van der Waals surface area (Å²) in [5, 5.41) is 21.0. The third-order valence-electron chi connectivity index (χ3n) is 5.60. The van der Waals surface area contributed by atoms with Gasteiger partial charge in [0.05, 0.1) is 23.2 Å². The second-order valence-electron chi connectivity index (χ2n) is 8.15. The average Bonchev–Trinajstić information content (AvgIpc) is 3.39. The van der Waals surface area contributed by atoms with Crippen molar-refractivity contribution < 1.29 is 22.5 Å². The normalized spacial score (nSPS) is 20.4. The van der Waals surface area contributed by atoms with Crippen LogP contribution >= 0.6 is 22.9 Å². The number of anilines is 1. The van der Waals surface area contributed by atoms with Crippen molar-refractivity contribution in [2.24, 2.45) is 11.1 Å². The number of aliphatic hydroxyl groups is 1. The fourth-order valence-corrected chi connectivity index (χ4v) is 5.30. The van der Waals surface area contributed by atoms with Gasteiger partial charge in [-0.1, -0.05) is 23.7 Å². The highest BCUT2D eigenvalue weighted by molar-refractivity contribution is 7.84. The summed E-state index contributed by atoms with van der Waals surface area (Å²) >= 11 is 7.30. The van der Waals surface area contributed by atoms with Crippen molar-refractivity contribution in [2.45, 2.75) is 31.4 Å². The zero-order chi connectivity index (χ0) is 24.3. The van der Waals surface area contributed by atoms with E-state index in [-0.39, 0.29) is 18.4 Å². The van der Waals surface area contributed by atoms with Gasteiger partial charge in [0.1, 0.15) is 12.1 Å². The molecule has 2 heterocycles. The van der Waals surface area contributed by atoms with Gasteiger partial charge in [0.2, 0.25) is 5.78 Å². The van der Waals surface area contributed by atoms with Crippen molar-refractivity contribution in [2.75, 3.05) is 11.9 Å². The Kier molecular flexibility index (Phi) is 7.60. The van der Waals surface area contributed by atoms with Crippen molar-refractivity contribution in [3.8, 4) is 0 Å². The van der Waals surface area contributed by atoms with Gasteiger partial charge in [0.15, 0.2) is 0 Å². The molecule has 1 aliphatic rings. The summed E-state index contributed by atoms with van der Waals surface area (Å²) in [5.41, 5.74) is 2.42. The second kappa shape index (κ2) is 10.5. The number of hydrogen-bond acceptors (Lipinski definition) is 9. The number of thiophene rings is 1. The first-order valence-electron chi connectivity index (χ1n) is 10.5. The first kappa shape index (κ1) is 24.7. The van der Waals surface area contributed by atoms with Crippen LogP contribution in [0.2, 0.25) is 5.02 Å². The first-order chi connectivity index (χ1) is 16.2. The molecule has 3 atom stereocenters. The maximum Gasteiger partial charge on any atom is 0.333 e. The fourth-order valence-electron chi connectivity index (χ4n) is 3.94. The summed E-state index contributed by atoms with van der Waals surface area (Å²) in [6, 6.07) is 9.20. The molecule has 2 aromatic heterocycles. The molecule has 1 saturated carbocycles. The molecule has 0 amide bonds. The van der Waals surface area contributed by atoms with Gasteiger partial charge in [0.25, 0.3) is 0 Å². The zero-order valence-electron chi connectivity index (χ0n) is 17.9. The zero-order valence-corrected chi connectivity index (χ0v) is 20.3. The quantitative estimate of drug-likeness (QED) is 0.364. The van der Waals surface area contributed by atoms with Crippen LogP contribution in [-0.2, 0) is 20.9 Å². The van der Waals surface area contributed by atoms with Gasteiger partial charge >= 0.3 is 10.3 Å². The van der Waals surface area contributed by atoms with E-state index in [1.165, 1.54) is 23.9 Å². The third kappa shape index (κ3) is 6.38. The molecular weight excluding hydrogens is 500 g/mol. The number of carbonyl (C=O) groups is 1. The molecule has 4 N–H and O–H groups in total. The summed E-state index contributed by atoms with van der Waals surface area (Å²) in [6.07, 6.45) is 3.49. The average molecular weight is 523 g/mol. The maximum atomic E-state index is 13.2. The van der Waals surface area contributed by atoms with Crippen LogP contribution in [0.5, 0.6) is 0 Å². The number of nitrogens with zero attached hydrogens (tertiary/aromatic N) is 2. The van der Waals surface area contributed by atoms with Gasteiger partial charge in [-0.05, 0) is 54.0 Å². The lowest BCUT2D eigenvalue weighted by Crippen LogP contribution is -2.24. The SMILES string of the molecule is NS(=O)(=O)OC[C@H]1C[C@@H](Nc2ncncc2C(=O)c2cc(Cc3ccc(Cl)cc3)cs2)C[C@@H]1O. The Bertz CT molecular complexity index is 1270. The molecule has 1 aliphatic carbocycles. The lowest BCUT2D eigenvalue weighted by Gasteiger charge is -2.15. The van der Waals surface area contributed by atoms with Gasteiger partial charge in [-0.2, -0.15) is 8.42 Å². The molecule has 180 valence electrons. The molecule has 1 fully saturated rings. The highest BCUT2D eigenvalue weighted by atomic mass is 35.5. The molecule has 0 saturated heterocycles. The van der Waals surface area contributed by atoms with Gasteiger partial charge in [-0.15, -0.1) is 11.3 Å². The highest BCUT2D eigenvalue weighted by Crippen LogP contribution is 2.30. The molecule has 3 aromatic rings.